The summed E-state index contributed by atoms with van der Waals surface area (Å²) >= 11 is 1.36. The smallest absolute Gasteiger partial charge is 0.410 e. The van der Waals surface area contributed by atoms with E-state index in [9.17, 15) is 20.0 Å². The average Bonchev–Trinajstić information content (AvgIpc) is 3.39. The first-order chi connectivity index (χ1) is 15.0. The second-order valence-electron chi connectivity index (χ2n) is 7.62. The van der Waals surface area contributed by atoms with Crippen molar-refractivity contribution in [3.05, 3.63) is 46.2 Å². The number of nitrogens with zero attached hydrogens (tertiary/aromatic N) is 2. The molecule has 1 unspecified atom stereocenters. The van der Waals surface area contributed by atoms with Gasteiger partial charge in [0.25, 0.3) is 0 Å². The van der Waals surface area contributed by atoms with E-state index in [-0.39, 0.29) is 24.2 Å². The minimum absolute atomic E-state index is 0.264. The molecular weight excluding hydrogens is 418 g/mol. The van der Waals surface area contributed by atoms with Gasteiger partial charge in [-0.1, -0.05) is 0 Å². The Morgan fingerprint density at radius 1 is 1.35 bits per heavy atom. The van der Waals surface area contributed by atoms with Crippen LogP contribution in [0.15, 0.2) is 28.9 Å². The van der Waals surface area contributed by atoms with Crippen molar-refractivity contribution in [3.63, 3.8) is 0 Å². The molecule has 2 N–H and O–H groups in total. The van der Waals surface area contributed by atoms with Crippen LogP contribution in [0.25, 0.3) is 6.08 Å². The lowest BCUT2D eigenvalue weighted by Crippen LogP contribution is -2.42. The number of ether oxygens (including phenoxy) is 1. The number of furan rings is 1. The second kappa shape index (κ2) is 9.37. The van der Waals surface area contributed by atoms with Crippen LogP contribution < -0.4 is 5.32 Å². The molecule has 2 aromatic rings. The third kappa shape index (κ3) is 4.98. The van der Waals surface area contributed by atoms with Crippen molar-refractivity contribution in [1.82, 2.24) is 4.90 Å². The van der Waals surface area contributed by atoms with Crippen LogP contribution in [0.1, 0.15) is 41.0 Å². The van der Waals surface area contributed by atoms with Crippen LogP contribution in [0.5, 0.6) is 0 Å². The number of aliphatic hydroxyl groups excluding tert-OH is 1. The van der Waals surface area contributed by atoms with Gasteiger partial charge in [-0.15, -0.1) is 11.3 Å². The summed E-state index contributed by atoms with van der Waals surface area (Å²) < 4.78 is 10.9. The predicted molar refractivity (Wildman–Crippen MR) is 115 cm³/mol. The van der Waals surface area contributed by atoms with Crippen molar-refractivity contribution >= 4 is 34.4 Å². The Hall–Kier alpha value is -3.09. The van der Waals surface area contributed by atoms with Crippen molar-refractivity contribution in [2.45, 2.75) is 44.3 Å². The Bertz CT molecular complexity index is 1010. The summed E-state index contributed by atoms with van der Waals surface area (Å²) in [6.07, 6.45) is 6.38. The van der Waals surface area contributed by atoms with Gasteiger partial charge in [-0.25, -0.2) is 4.79 Å². The standard InChI is InChI=1S/C22H23N3O5S/c23-13-18-17-5-3-16(30-22(28)25-9-7-14(26)8-10-25)12-19(17)31-21(18)24-20(27)6-4-15-2-1-11-29-15/h1-2,4,6,11,14,16,26H,3,5,7-10,12H2,(H,24,27)/b6-4+. The average molecular weight is 442 g/mol. The van der Waals surface area contributed by atoms with Gasteiger partial charge in [0, 0.05) is 30.5 Å². The maximum Gasteiger partial charge on any atom is 0.410 e. The number of piperidine rings is 1. The van der Waals surface area contributed by atoms with Crippen molar-refractivity contribution in [1.29, 1.82) is 5.26 Å². The summed E-state index contributed by atoms with van der Waals surface area (Å²) in [6, 6.07) is 5.67. The third-order valence-corrected chi connectivity index (χ3v) is 6.67. The molecule has 31 heavy (non-hydrogen) atoms. The van der Waals surface area contributed by atoms with E-state index >= 15 is 0 Å². The number of rotatable bonds is 4. The minimum Gasteiger partial charge on any atom is -0.465 e. The molecule has 0 aromatic carbocycles. The lowest BCUT2D eigenvalue weighted by molar-refractivity contribution is -0.111. The van der Waals surface area contributed by atoms with Crippen molar-refractivity contribution in [2.24, 2.45) is 0 Å². The topological polar surface area (TPSA) is 116 Å². The second-order valence-corrected chi connectivity index (χ2v) is 8.73. The zero-order chi connectivity index (χ0) is 21.8. The van der Waals surface area contributed by atoms with Gasteiger partial charge in [-0.3, -0.25) is 4.79 Å². The first-order valence-electron chi connectivity index (χ1n) is 10.2. The van der Waals surface area contributed by atoms with Gasteiger partial charge in [0.15, 0.2) is 0 Å². The maximum atomic E-state index is 12.4. The van der Waals surface area contributed by atoms with Crippen LogP contribution in [0.2, 0.25) is 0 Å². The van der Waals surface area contributed by atoms with Crippen molar-refractivity contribution < 1.29 is 23.8 Å². The van der Waals surface area contributed by atoms with Crippen molar-refractivity contribution in [3.8, 4) is 6.07 Å². The number of amides is 2. The zero-order valence-electron chi connectivity index (χ0n) is 16.9. The van der Waals surface area contributed by atoms with Crippen molar-refractivity contribution in [2.75, 3.05) is 18.4 Å². The summed E-state index contributed by atoms with van der Waals surface area (Å²) in [4.78, 5) is 27.3. The van der Waals surface area contributed by atoms with E-state index in [4.69, 9.17) is 9.15 Å². The lowest BCUT2D eigenvalue weighted by atomic mass is 9.94. The fourth-order valence-electron chi connectivity index (χ4n) is 3.83. The van der Waals surface area contributed by atoms with Gasteiger partial charge in [0.2, 0.25) is 5.91 Å². The molecule has 8 nitrogen and oxygen atoms in total. The molecule has 162 valence electrons. The highest BCUT2D eigenvalue weighted by Crippen LogP contribution is 2.38. The van der Waals surface area contributed by atoms with E-state index in [1.807, 2.05) is 0 Å². The van der Waals surface area contributed by atoms with E-state index in [1.54, 1.807) is 23.1 Å². The molecule has 2 aromatic heterocycles. The van der Waals surface area contributed by atoms with Crippen LogP contribution in [-0.4, -0.2) is 47.3 Å². The normalized spacial score (nSPS) is 19.1. The molecule has 0 bridgehead atoms. The molecule has 0 radical (unpaired) electrons. The minimum atomic E-state index is -0.353. The summed E-state index contributed by atoms with van der Waals surface area (Å²) in [5, 5.41) is 22.5. The van der Waals surface area contributed by atoms with Crippen LogP contribution in [0.4, 0.5) is 9.80 Å². The first-order valence-corrected chi connectivity index (χ1v) is 11.1. The number of aliphatic hydroxyl groups is 1. The molecule has 4 rings (SSSR count). The van der Waals surface area contributed by atoms with Crippen LogP contribution >= 0.6 is 11.3 Å². The molecule has 1 fully saturated rings. The number of thiophene rings is 1. The molecule has 1 aliphatic heterocycles. The number of carbonyl (C=O) groups is 2. The van der Waals surface area contributed by atoms with Gasteiger partial charge in [-0.05, 0) is 49.5 Å². The highest BCUT2D eigenvalue weighted by atomic mass is 32.1. The summed E-state index contributed by atoms with van der Waals surface area (Å²) in [6.45, 7) is 0.995. The van der Waals surface area contributed by atoms with E-state index in [0.717, 1.165) is 10.4 Å². The number of likely N-dealkylation sites (tertiary alicyclic amines) is 1. The first kappa shape index (κ1) is 21.2. The number of anilines is 1. The molecule has 1 aliphatic carbocycles. The van der Waals surface area contributed by atoms with E-state index < -0.39 is 0 Å². The van der Waals surface area contributed by atoms with Crippen LogP contribution in [0.3, 0.4) is 0 Å². The molecule has 0 spiro atoms. The molecule has 2 amide bonds. The summed E-state index contributed by atoms with van der Waals surface area (Å²) in [5.41, 5.74) is 1.40. The van der Waals surface area contributed by atoms with Gasteiger partial charge in [-0.2, -0.15) is 5.26 Å². The Morgan fingerprint density at radius 2 is 2.16 bits per heavy atom. The third-order valence-electron chi connectivity index (χ3n) is 5.50. The summed E-state index contributed by atoms with van der Waals surface area (Å²) in [5.74, 6) is 0.218. The van der Waals surface area contributed by atoms with Crippen LogP contribution in [-0.2, 0) is 22.4 Å². The Kier molecular flexibility index (Phi) is 6.39. The van der Waals surface area contributed by atoms with Gasteiger partial charge in [0.1, 0.15) is 22.9 Å². The van der Waals surface area contributed by atoms with Gasteiger partial charge in [0.05, 0.1) is 17.9 Å². The molecule has 9 heteroatoms. The fourth-order valence-corrected chi connectivity index (χ4v) is 5.09. The van der Waals surface area contributed by atoms with Gasteiger partial charge >= 0.3 is 6.09 Å². The number of nitrogens with one attached hydrogen (secondary N) is 1. The fraction of sp³-hybridized carbons (Fsp3) is 0.409. The number of nitriles is 1. The predicted octanol–water partition coefficient (Wildman–Crippen LogP) is 3.32. The molecular formula is C22H23N3O5S. The number of carbonyl (C=O) groups excluding carboxylic acids is 2. The molecule has 2 aliphatic rings. The zero-order valence-corrected chi connectivity index (χ0v) is 17.7. The van der Waals surface area contributed by atoms with Gasteiger partial charge < -0.3 is 24.5 Å². The molecule has 1 saturated heterocycles. The largest absolute Gasteiger partial charge is 0.465 e. The van der Waals surface area contributed by atoms with E-state index in [1.165, 1.54) is 23.7 Å². The highest BCUT2D eigenvalue weighted by molar-refractivity contribution is 7.16. The molecule has 0 saturated carbocycles. The van der Waals surface area contributed by atoms with Crippen LogP contribution in [0, 0.1) is 11.3 Å². The SMILES string of the molecule is N#Cc1c(NC(=O)/C=C/c2ccco2)sc2c1CCC(OC(=O)N1CCC(O)CC1)C2. The summed E-state index contributed by atoms with van der Waals surface area (Å²) in [7, 11) is 0. The number of hydrogen-bond acceptors (Lipinski definition) is 7. The van der Waals surface area contributed by atoms with E-state index in [2.05, 4.69) is 11.4 Å². The highest BCUT2D eigenvalue weighted by Gasteiger charge is 2.30. The Labute approximate surface area is 183 Å². The number of fused-ring (bicyclic) bond motifs is 1. The number of hydrogen-bond donors (Lipinski definition) is 2. The van der Waals surface area contributed by atoms with E-state index in [0.29, 0.717) is 61.5 Å². The maximum absolute atomic E-state index is 12.4. The lowest BCUT2D eigenvalue weighted by Gasteiger charge is -2.31. The Balaban J connectivity index is 1.39. The quantitative estimate of drug-likeness (QED) is 0.703. The monoisotopic (exact) mass is 441 g/mol. The molecule has 3 heterocycles. The Morgan fingerprint density at radius 3 is 2.87 bits per heavy atom. The molecule has 1 atom stereocenters.